The molecule has 340 valence electrons. The van der Waals surface area contributed by atoms with Crippen LogP contribution in [0.2, 0.25) is 0 Å². The molecule has 0 fully saturated rings. The summed E-state index contributed by atoms with van der Waals surface area (Å²) in [7, 11) is 5.40. The largest absolute Gasteiger partial charge is 0.544 e. The van der Waals surface area contributed by atoms with E-state index < -0.39 is 18.1 Å². The molecule has 0 radical (unpaired) electrons. The topological polar surface area (TPSA) is 102 Å². The number of allylic oxidation sites excluding steroid dienone is 10. The maximum atomic E-state index is 12.7. The highest BCUT2D eigenvalue weighted by Gasteiger charge is 2.25. The van der Waals surface area contributed by atoms with Gasteiger partial charge in [-0.05, 0) is 77.0 Å². The number of quaternary nitrogens is 1. The van der Waals surface area contributed by atoms with Gasteiger partial charge in [0.15, 0.2) is 6.10 Å². The van der Waals surface area contributed by atoms with Crippen LogP contribution in [0.25, 0.3) is 0 Å². The maximum Gasteiger partial charge on any atom is 0.306 e. The van der Waals surface area contributed by atoms with Crippen LogP contribution in [0.3, 0.4) is 0 Å². The molecule has 2 unspecified atom stereocenters. The summed E-state index contributed by atoms with van der Waals surface area (Å²) in [6, 6.07) is -0.729. The van der Waals surface area contributed by atoms with E-state index in [1.165, 1.54) is 83.5 Å². The monoisotopic (exact) mass is 828 g/mol. The molecule has 0 saturated heterocycles. The first-order chi connectivity index (χ1) is 28.6. The number of nitrogens with zero attached hydrogens (tertiary/aromatic N) is 1. The quantitative estimate of drug-likeness (QED) is 0.0261. The summed E-state index contributed by atoms with van der Waals surface area (Å²) in [4.78, 5) is 36.9. The van der Waals surface area contributed by atoms with Crippen LogP contribution in [0, 0.1) is 0 Å². The van der Waals surface area contributed by atoms with E-state index in [1.807, 2.05) is 0 Å². The van der Waals surface area contributed by atoms with Gasteiger partial charge in [0.05, 0.1) is 40.3 Å². The number of carbonyl (C=O) groups excluding carboxylic acids is 3. The fourth-order valence-corrected chi connectivity index (χ4v) is 6.70. The van der Waals surface area contributed by atoms with Crippen LogP contribution >= 0.6 is 0 Å². The number of aliphatic carboxylic acids is 1. The third kappa shape index (κ3) is 40.2. The Balaban J connectivity index is 4.22. The van der Waals surface area contributed by atoms with Crippen molar-refractivity contribution in [3.63, 3.8) is 0 Å². The normalized spacial score (nSPS) is 13.4. The van der Waals surface area contributed by atoms with E-state index in [-0.39, 0.29) is 42.7 Å². The van der Waals surface area contributed by atoms with Crippen molar-refractivity contribution in [2.45, 2.75) is 206 Å². The number of likely N-dealkylation sites (N-methyl/N-ethyl adjacent to an activating group) is 1. The molecule has 2 atom stereocenters. The second-order valence-electron chi connectivity index (χ2n) is 17.0. The Morgan fingerprint density at radius 2 is 0.949 bits per heavy atom. The molecule has 0 spiro atoms. The number of unbranched alkanes of at least 4 members (excludes halogenated alkanes) is 18. The van der Waals surface area contributed by atoms with Gasteiger partial charge < -0.3 is 28.6 Å². The zero-order valence-corrected chi connectivity index (χ0v) is 38.7. The fourth-order valence-electron chi connectivity index (χ4n) is 6.70. The van der Waals surface area contributed by atoms with Gasteiger partial charge in [-0.3, -0.25) is 9.59 Å². The number of carbonyl (C=O) groups is 3. The van der Waals surface area contributed by atoms with Gasteiger partial charge in [0.25, 0.3) is 0 Å². The Morgan fingerprint density at radius 3 is 1.42 bits per heavy atom. The minimum Gasteiger partial charge on any atom is -0.544 e. The van der Waals surface area contributed by atoms with Gasteiger partial charge in [0.1, 0.15) is 12.6 Å². The predicted molar refractivity (Wildman–Crippen MR) is 245 cm³/mol. The number of hydrogen-bond donors (Lipinski definition) is 0. The second kappa shape index (κ2) is 41.8. The van der Waals surface area contributed by atoms with E-state index in [4.69, 9.17) is 14.2 Å². The van der Waals surface area contributed by atoms with Crippen LogP contribution in [0.5, 0.6) is 0 Å². The molecule has 0 N–H and O–H groups in total. The Hall–Kier alpha value is -2.97. The highest BCUT2D eigenvalue weighted by molar-refractivity contribution is 5.70. The Labute approximate surface area is 362 Å². The molecule has 0 aliphatic carbocycles. The van der Waals surface area contributed by atoms with Gasteiger partial charge in [-0.2, -0.15) is 0 Å². The molecule has 0 aliphatic heterocycles. The van der Waals surface area contributed by atoms with Crippen molar-refractivity contribution >= 4 is 17.9 Å². The van der Waals surface area contributed by atoms with E-state index in [2.05, 4.69) is 74.6 Å². The molecular formula is C51H89NO7. The Morgan fingerprint density at radius 1 is 0.525 bits per heavy atom. The van der Waals surface area contributed by atoms with Crippen molar-refractivity contribution in [2.75, 3.05) is 41.0 Å². The molecule has 8 heteroatoms. The summed E-state index contributed by atoms with van der Waals surface area (Å²) < 4.78 is 17.2. The van der Waals surface area contributed by atoms with Crippen LogP contribution in [0.4, 0.5) is 0 Å². The van der Waals surface area contributed by atoms with E-state index in [0.29, 0.717) is 12.8 Å². The van der Waals surface area contributed by atoms with Crippen molar-refractivity contribution in [1.29, 1.82) is 0 Å². The minimum absolute atomic E-state index is 0.0349. The molecule has 0 aromatic rings. The van der Waals surface area contributed by atoms with Crippen molar-refractivity contribution in [2.24, 2.45) is 0 Å². The average Bonchev–Trinajstić information content (AvgIpc) is 3.19. The van der Waals surface area contributed by atoms with Crippen LogP contribution in [-0.4, -0.2) is 75.5 Å². The third-order valence-electron chi connectivity index (χ3n) is 10.4. The van der Waals surface area contributed by atoms with Gasteiger partial charge in [-0.15, -0.1) is 0 Å². The highest BCUT2D eigenvalue weighted by atomic mass is 16.6. The molecule has 0 aromatic carbocycles. The van der Waals surface area contributed by atoms with Crippen molar-refractivity contribution < 1.29 is 38.2 Å². The smallest absolute Gasteiger partial charge is 0.306 e. The molecule has 8 nitrogen and oxygen atoms in total. The number of hydrogen-bond acceptors (Lipinski definition) is 7. The molecule has 0 saturated carbocycles. The first-order valence-electron chi connectivity index (χ1n) is 23.8. The van der Waals surface area contributed by atoms with Crippen LogP contribution < -0.4 is 5.11 Å². The maximum absolute atomic E-state index is 12.7. The molecule has 0 bridgehead atoms. The molecule has 59 heavy (non-hydrogen) atoms. The van der Waals surface area contributed by atoms with Crippen molar-refractivity contribution in [3.8, 4) is 0 Å². The summed E-state index contributed by atoms with van der Waals surface area (Å²) in [6.07, 6.45) is 51.0. The van der Waals surface area contributed by atoms with Crippen LogP contribution in [0.15, 0.2) is 60.8 Å². The van der Waals surface area contributed by atoms with Gasteiger partial charge in [0, 0.05) is 19.3 Å². The summed E-state index contributed by atoms with van der Waals surface area (Å²) in [5, 5.41) is 11.6. The van der Waals surface area contributed by atoms with Crippen LogP contribution in [-0.2, 0) is 28.6 Å². The molecule has 0 amide bonds. The third-order valence-corrected chi connectivity index (χ3v) is 10.4. The average molecular weight is 828 g/mol. The van der Waals surface area contributed by atoms with E-state index in [9.17, 15) is 19.5 Å². The summed E-state index contributed by atoms with van der Waals surface area (Å²) >= 11 is 0. The minimum atomic E-state index is -1.13. The molecule has 0 heterocycles. The van der Waals surface area contributed by atoms with Crippen LogP contribution in [0.1, 0.15) is 194 Å². The predicted octanol–water partition coefficient (Wildman–Crippen LogP) is 12.0. The van der Waals surface area contributed by atoms with Gasteiger partial charge >= 0.3 is 11.9 Å². The fraction of sp³-hybridized carbons (Fsp3) is 0.745. The number of carboxylic acids is 1. The zero-order valence-electron chi connectivity index (χ0n) is 38.7. The first kappa shape index (κ1) is 56.0. The Kier molecular flexibility index (Phi) is 39.6. The lowest BCUT2D eigenvalue weighted by atomic mass is 10.1. The lowest BCUT2D eigenvalue weighted by Crippen LogP contribution is -2.55. The summed E-state index contributed by atoms with van der Waals surface area (Å²) in [5.41, 5.74) is 0. The highest BCUT2D eigenvalue weighted by Crippen LogP contribution is 2.14. The zero-order chi connectivity index (χ0) is 43.5. The number of ether oxygens (including phenoxy) is 3. The molecule has 0 aromatic heterocycles. The Bertz CT molecular complexity index is 1150. The summed E-state index contributed by atoms with van der Waals surface area (Å²) in [6.45, 7) is 4.51. The van der Waals surface area contributed by atoms with E-state index in [1.54, 1.807) is 21.1 Å². The first-order valence-corrected chi connectivity index (χ1v) is 23.8. The second-order valence-corrected chi connectivity index (χ2v) is 17.0. The number of esters is 2. The van der Waals surface area contributed by atoms with Crippen molar-refractivity contribution in [1.82, 2.24) is 0 Å². The number of carboxylic acid groups (broad SMARTS) is 1. The van der Waals surface area contributed by atoms with Crippen molar-refractivity contribution in [3.05, 3.63) is 60.8 Å². The molecule has 0 rings (SSSR count). The molecular weight excluding hydrogens is 739 g/mol. The number of rotatable bonds is 42. The van der Waals surface area contributed by atoms with Gasteiger partial charge in [0.2, 0.25) is 0 Å². The molecule has 0 aliphatic rings. The standard InChI is InChI=1S/C51H89NO7/c1-6-8-10-12-14-16-18-20-21-22-23-24-25-26-27-28-29-30-32-33-35-37-39-41-49(53)58-46-47(45-57-44-43-48(51(55)56)52(3,4)5)59-50(54)42-40-38-36-34-31-19-17-15-13-11-9-7-2/h8,10,14-17,20-21,23-24,47-48H,6-7,9,11-13,18-19,22,25-46H2,1-5H3/b10-8+,16-14+,17-15+,21-20+,24-23+. The summed E-state index contributed by atoms with van der Waals surface area (Å²) in [5.74, 6) is -1.75. The lowest BCUT2D eigenvalue weighted by Gasteiger charge is -2.34. The lowest BCUT2D eigenvalue weighted by molar-refractivity contribution is -0.889. The van der Waals surface area contributed by atoms with E-state index in [0.717, 1.165) is 77.0 Å². The SMILES string of the molecule is CC/C=C/C/C=C/C/C=C/C/C=C/CCCCCCCCCCCCC(=O)OCC(COCCC(C(=O)[O-])[N+](C)(C)C)OC(=O)CCCCCCC/C=C/CCCCC. The van der Waals surface area contributed by atoms with E-state index >= 15 is 0 Å². The van der Waals surface area contributed by atoms with Gasteiger partial charge in [-0.25, -0.2) is 0 Å². The van der Waals surface area contributed by atoms with Gasteiger partial charge in [-0.1, -0.05) is 158 Å².